The van der Waals surface area contributed by atoms with Gasteiger partial charge in [-0.15, -0.1) is 0 Å². The van der Waals surface area contributed by atoms with Crippen LogP contribution in [0.3, 0.4) is 0 Å². The van der Waals surface area contributed by atoms with E-state index in [-0.39, 0.29) is 0 Å². The van der Waals surface area contributed by atoms with Gasteiger partial charge in [0.15, 0.2) is 37.2 Å². The van der Waals surface area contributed by atoms with Crippen molar-refractivity contribution in [1.82, 2.24) is 39.9 Å². The van der Waals surface area contributed by atoms with Crippen molar-refractivity contribution >= 4 is 0 Å². The van der Waals surface area contributed by atoms with E-state index in [2.05, 4.69) is 488 Å². The number of benzene rings is 8. The van der Waals surface area contributed by atoms with Gasteiger partial charge < -0.3 is 0 Å². The van der Waals surface area contributed by atoms with Crippen molar-refractivity contribution < 1.29 is 27.4 Å². The van der Waals surface area contributed by atoms with E-state index in [1.807, 2.05) is 113 Å². The van der Waals surface area contributed by atoms with Gasteiger partial charge in [-0.25, -0.2) is 27.4 Å². The molecule has 143 heavy (non-hydrogen) atoms. The molecule has 0 bridgehead atoms. The van der Waals surface area contributed by atoms with Crippen LogP contribution >= 0.6 is 0 Å². The number of hydrogen-bond donors (Lipinski definition) is 0. The average Bonchev–Trinajstić information content (AvgIpc) is 0.780. The van der Waals surface area contributed by atoms with Gasteiger partial charge in [0.05, 0.1) is 69.7 Å². The highest BCUT2D eigenvalue weighted by Gasteiger charge is 2.29. The van der Waals surface area contributed by atoms with Gasteiger partial charge in [-0.1, -0.05) is 185 Å². The minimum atomic E-state index is 1.13. The van der Waals surface area contributed by atoms with Crippen molar-refractivity contribution in [3.05, 3.63) is 467 Å². The summed E-state index contributed by atoms with van der Waals surface area (Å²) in [5.74, 6) is 0. The van der Waals surface area contributed by atoms with Crippen molar-refractivity contribution in [2.45, 2.75) is 118 Å². The molecule has 0 saturated heterocycles. The summed E-state index contributed by atoms with van der Waals surface area (Å²) < 4.78 is 13.0. The Labute approximate surface area is 845 Å². The third-order valence-electron chi connectivity index (χ3n) is 26.8. The first-order valence-electron chi connectivity index (χ1n) is 48.7. The van der Waals surface area contributed by atoms with Crippen LogP contribution in [0.4, 0.5) is 0 Å². The van der Waals surface area contributed by atoms with Crippen molar-refractivity contribution in [3.8, 4) is 157 Å². The molecule has 0 atom stereocenters. The number of aryl methyl sites for hydroxylation is 23. The van der Waals surface area contributed by atoms with E-state index in [1.54, 1.807) is 0 Å². The third kappa shape index (κ3) is 23.0. The van der Waals surface area contributed by atoms with Gasteiger partial charge >= 0.3 is 0 Å². The monoisotopic (exact) mass is 1880 g/mol. The van der Waals surface area contributed by atoms with Gasteiger partial charge in [-0.2, -0.15) is 0 Å². The Kier molecular flexibility index (Phi) is 32.5. The zero-order valence-corrected chi connectivity index (χ0v) is 87.0. The standard InChI is InChI=1S/C25H24N3.C24H22N3.C21H23N2.2C20H21N2.C19H19N2/c1-17-12-21(20-8-6-5-7-9-20)13-18(2)24(17)23-15-27-16-28(4)25(23)22-10-11-26-14-19(22)3;1-17-13-20(19-7-5-4-6-8-19)9-10-21(17)23-15-26-16-27(3)24(23)22-11-12-25-14-18(22)2;1-14-11-15(2)20(16(3)12-14)19-7-6-10-23(5)21(19)18-8-9-22-13-17(18)4;1-14-7-5-8-15(2)19(14)18-9-6-12-22(4)20(18)17-10-11-21-13-16(17)3;1-14-7-8-17(15(2)12-14)19-6-5-11-22(4)20(19)18-9-10-21-13-16(18)3;1-14-7-4-5-8-16(14)18-9-6-12-21(3)19(18)17-10-11-20-13-15(17)2/h5-16H,1-4H3;4-16H,1-3H3;6-13H,1-5H3;2*5-13H,1-4H3;4-13H,1-3H3/q6*+1. The van der Waals surface area contributed by atoms with Crippen LogP contribution in [0, 0.1) is 118 Å². The van der Waals surface area contributed by atoms with Crippen molar-refractivity contribution in [2.24, 2.45) is 42.3 Å². The minimum Gasteiger partial charge on any atom is -0.264 e. The quantitative estimate of drug-likeness (QED) is 0.0985. The lowest BCUT2D eigenvalue weighted by molar-refractivity contribution is -0.663. The second-order valence-electron chi connectivity index (χ2n) is 37.6. The summed E-state index contributed by atoms with van der Waals surface area (Å²) in [6.45, 7) is 36.6. The summed E-state index contributed by atoms with van der Waals surface area (Å²) in [7, 11) is 12.5. The molecule has 0 aliphatic heterocycles. The molecule has 8 aromatic carbocycles. The van der Waals surface area contributed by atoms with Gasteiger partial charge in [0, 0.05) is 110 Å². The van der Waals surface area contributed by atoms with Crippen LogP contribution in [0.15, 0.2) is 373 Å². The van der Waals surface area contributed by atoms with Crippen LogP contribution in [0.2, 0.25) is 0 Å². The molecule has 0 aliphatic carbocycles. The van der Waals surface area contributed by atoms with E-state index in [4.69, 9.17) is 0 Å². The third-order valence-corrected chi connectivity index (χ3v) is 26.8. The van der Waals surface area contributed by atoms with E-state index in [0.29, 0.717) is 0 Å². The predicted molar refractivity (Wildman–Crippen MR) is 585 cm³/mol. The van der Waals surface area contributed by atoms with E-state index in [0.717, 1.165) is 33.6 Å². The van der Waals surface area contributed by atoms with Crippen molar-refractivity contribution in [1.29, 1.82) is 0 Å². The van der Waals surface area contributed by atoms with Gasteiger partial charge in [-0.3, -0.25) is 29.9 Å². The molecular weight excluding hydrogens is 1750 g/mol. The Balaban J connectivity index is 0.000000130. The number of aromatic nitrogens is 14. The van der Waals surface area contributed by atoms with Crippen LogP contribution in [0.1, 0.15) is 94.6 Å². The Morgan fingerprint density at radius 3 is 0.818 bits per heavy atom. The predicted octanol–water partition coefficient (Wildman–Crippen LogP) is 26.8. The summed E-state index contributed by atoms with van der Waals surface area (Å²) in [4.78, 5) is 34.3. The lowest BCUT2D eigenvalue weighted by Crippen LogP contribution is -2.32. The van der Waals surface area contributed by atoms with E-state index >= 15 is 0 Å². The van der Waals surface area contributed by atoms with E-state index < -0.39 is 0 Å². The highest BCUT2D eigenvalue weighted by Crippen LogP contribution is 2.43. The van der Waals surface area contributed by atoms with Gasteiger partial charge in [0.1, 0.15) is 39.6 Å². The molecule has 0 unspecified atom stereocenters. The normalized spacial score (nSPS) is 10.8. The minimum absolute atomic E-state index is 1.13. The fraction of sp³-hybridized carbons (Fsp3) is 0.178. The van der Waals surface area contributed by atoms with Gasteiger partial charge in [-0.05, 0) is 317 Å². The first kappa shape index (κ1) is 101. The van der Waals surface area contributed by atoms with E-state index in [9.17, 15) is 0 Å². The first-order valence-corrected chi connectivity index (χ1v) is 48.7. The molecule has 14 heteroatoms. The summed E-state index contributed by atoms with van der Waals surface area (Å²) in [5, 5.41) is 0. The molecule has 0 N–H and O–H groups in total. The molecule has 20 rings (SSSR count). The molecule has 0 aliphatic rings. The summed E-state index contributed by atoms with van der Waals surface area (Å²) in [5.41, 5.74) is 55.7. The first-order chi connectivity index (χ1) is 69.0. The zero-order chi connectivity index (χ0) is 101. The van der Waals surface area contributed by atoms with Crippen LogP contribution in [-0.2, 0) is 42.3 Å². The van der Waals surface area contributed by atoms with Crippen LogP contribution in [0.5, 0.6) is 0 Å². The van der Waals surface area contributed by atoms with Crippen molar-refractivity contribution in [2.75, 3.05) is 0 Å². The fourth-order valence-corrected chi connectivity index (χ4v) is 19.9. The molecule has 12 aromatic heterocycles. The zero-order valence-electron chi connectivity index (χ0n) is 87.0. The number of hydrogen-bond acceptors (Lipinski definition) is 8. The number of nitrogens with zero attached hydrogens (tertiary/aromatic N) is 14. The largest absolute Gasteiger partial charge is 0.286 e. The molecule has 12 heterocycles. The van der Waals surface area contributed by atoms with Crippen molar-refractivity contribution in [3.63, 3.8) is 0 Å². The fourth-order valence-electron chi connectivity index (χ4n) is 19.9. The smallest absolute Gasteiger partial charge is 0.264 e. The summed E-state index contributed by atoms with van der Waals surface area (Å²) >= 11 is 0. The summed E-state index contributed by atoms with van der Waals surface area (Å²) in [6.07, 6.45) is 38.7. The molecular formula is C129H130N14+6. The second-order valence-corrected chi connectivity index (χ2v) is 37.6. The Morgan fingerprint density at radius 2 is 0.434 bits per heavy atom. The molecule has 0 amide bonds. The Hall–Kier alpha value is -16.6. The highest BCUT2D eigenvalue weighted by molar-refractivity contribution is 5.89. The summed E-state index contributed by atoms with van der Waals surface area (Å²) in [6, 6.07) is 88.2. The highest BCUT2D eigenvalue weighted by atomic mass is 15.0. The molecule has 14 nitrogen and oxygen atoms in total. The molecule has 0 radical (unpaired) electrons. The van der Waals surface area contributed by atoms with Crippen LogP contribution in [0.25, 0.3) is 157 Å². The maximum absolute atomic E-state index is 4.49. The average molecular weight is 1880 g/mol. The van der Waals surface area contributed by atoms with Gasteiger partial charge in [0.25, 0.3) is 12.7 Å². The number of rotatable bonds is 14. The maximum atomic E-state index is 4.49. The van der Waals surface area contributed by atoms with Crippen LogP contribution in [-0.4, -0.2) is 39.9 Å². The molecule has 0 fully saturated rings. The van der Waals surface area contributed by atoms with E-state index in [1.165, 1.54) is 217 Å². The molecule has 710 valence electrons. The SMILES string of the molecule is Cc1cc(-c2ccccc2)ccc1-c1cnc[n+](C)c1-c1ccncc1C.Cc1cc(C)c(-c2ccc[n+](C)c2-c2ccncc2C)c(C)c1.Cc1ccc(-c2ccc[n+](C)c2-c2ccncc2C)c(C)c1.Cc1ccccc1-c1ccc[n+](C)c1-c1ccncc1C.Cc1cnccc1-c1c(-c2c(C)cc(-c3ccccc3)cc2C)cnc[n+]1C.Cc1cnccc1-c1c(-c2c(C)cccc2C)ccc[n+]1C. The molecule has 20 aromatic rings. The lowest BCUT2D eigenvalue weighted by Gasteiger charge is -2.16. The lowest BCUT2D eigenvalue weighted by atomic mass is 9.89. The maximum Gasteiger partial charge on any atom is 0.286 e. The van der Waals surface area contributed by atoms with Gasteiger partial charge in [0.2, 0.25) is 22.8 Å². The Morgan fingerprint density at radius 1 is 0.154 bits per heavy atom. The molecule has 0 saturated carbocycles. The van der Waals surface area contributed by atoms with Crippen LogP contribution < -0.4 is 27.4 Å². The second kappa shape index (κ2) is 46.0. The Bertz CT molecular complexity index is 7930. The molecule has 0 spiro atoms. The topological polar surface area (TPSA) is 126 Å². The number of pyridine rings is 10.